The van der Waals surface area contributed by atoms with E-state index in [1.807, 2.05) is 63.2 Å². The van der Waals surface area contributed by atoms with Gasteiger partial charge in [0.2, 0.25) is 0 Å². The lowest BCUT2D eigenvalue weighted by molar-refractivity contribution is -0.139. The first-order chi connectivity index (χ1) is 9.99. The first kappa shape index (κ1) is 15.3. The van der Waals surface area contributed by atoms with Gasteiger partial charge in [0.1, 0.15) is 6.04 Å². The highest BCUT2D eigenvalue weighted by Gasteiger charge is 2.21. The van der Waals surface area contributed by atoms with Crippen molar-refractivity contribution in [1.82, 2.24) is 5.32 Å². The quantitative estimate of drug-likeness (QED) is 0.882. The molecule has 0 radical (unpaired) electrons. The molecule has 0 aliphatic rings. The fraction of sp³-hybridized carbons (Fsp3) is 0.278. The highest BCUT2D eigenvalue weighted by molar-refractivity contribution is 5.76. The van der Waals surface area contributed by atoms with Crippen LogP contribution in [-0.4, -0.2) is 11.1 Å². The van der Waals surface area contributed by atoms with E-state index in [1.54, 1.807) is 0 Å². The van der Waals surface area contributed by atoms with Crippen LogP contribution in [0.5, 0.6) is 0 Å². The molecule has 0 amide bonds. The van der Waals surface area contributed by atoms with Crippen LogP contribution in [0, 0.1) is 20.8 Å². The fourth-order valence-electron chi connectivity index (χ4n) is 2.44. The number of aryl methyl sites for hydroxylation is 3. The summed E-state index contributed by atoms with van der Waals surface area (Å²) in [7, 11) is 0. The van der Waals surface area contributed by atoms with E-state index in [4.69, 9.17) is 0 Å². The van der Waals surface area contributed by atoms with E-state index in [0.717, 1.165) is 22.3 Å². The molecule has 0 saturated heterocycles. The molecule has 3 heteroatoms. The Balaban J connectivity index is 2.23. The molecular weight excluding hydrogens is 262 g/mol. The average molecular weight is 283 g/mol. The smallest absolute Gasteiger partial charge is 0.325 e. The summed E-state index contributed by atoms with van der Waals surface area (Å²) in [5.74, 6) is -0.850. The van der Waals surface area contributed by atoms with Gasteiger partial charge in [-0.25, -0.2) is 0 Å². The SMILES string of the molecule is Cc1cc(C)c(C(NCc2ccccc2)C(=O)O)cc1C. The summed E-state index contributed by atoms with van der Waals surface area (Å²) in [4.78, 5) is 11.6. The molecule has 21 heavy (non-hydrogen) atoms. The number of benzene rings is 2. The molecular formula is C18H21NO2. The second-order valence-electron chi connectivity index (χ2n) is 5.43. The van der Waals surface area contributed by atoms with Gasteiger partial charge in [-0.15, -0.1) is 0 Å². The first-order valence-corrected chi connectivity index (χ1v) is 7.07. The van der Waals surface area contributed by atoms with Gasteiger partial charge in [0.05, 0.1) is 0 Å². The summed E-state index contributed by atoms with van der Waals surface area (Å²) in [5, 5.41) is 12.7. The van der Waals surface area contributed by atoms with Crippen molar-refractivity contribution in [2.45, 2.75) is 33.4 Å². The molecule has 110 valence electrons. The van der Waals surface area contributed by atoms with E-state index in [9.17, 15) is 9.90 Å². The molecule has 0 aliphatic carbocycles. The van der Waals surface area contributed by atoms with E-state index >= 15 is 0 Å². The van der Waals surface area contributed by atoms with Crippen LogP contribution in [0.1, 0.15) is 33.9 Å². The molecule has 3 nitrogen and oxygen atoms in total. The largest absolute Gasteiger partial charge is 0.480 e. The van der Waals surface area contributed by atoms with Crippen LogP contribution >= 0.6 is 0 Å². The third-order valence-electron chi connectivity index (χ3n) is 3.79. The lowest BCUT2D eigenvalue weighted by Crippen LogP contribution is -2.29. The molecule has 0 fully saturated rings. The summed E-state index contributed by atoms with van der Waals surface area (Å²) >= 11 is 0. The van der Waals surface area contributed by atoms with Crippen molar-refractivity contribution in [3.8, 4) is 0 Å². The van der Waals surface area contributed by atoms with Gasteiger partial charge >= 0.3 is 5.97 Å². The van der Waals surface area contributed by atoms with Gasteiger partial charge in [-0.2, -0.15) is 0 Å². The number of hydrogen-bond donors (Lipinski definition) is 2. The highest BCUT2D eigenvalue weighted by atomic mass is 16.4. The number of hydrogen-bond acceptors (Lipinski definition) is 2. The van der Waals surface area contributed by atoms with Crippen molar-refractivity contribution in [3.63, 3.8) is 0 Å². The van der Waals surface area contributed by atoms with Gasteiger partial charge in [0.25, 0.3) is 0 Å². The minimum Gasteiger partial charge on any atom is -0.480 e. The van der Waals surface area contributed by atoms with Crippen molar-refractivity contribution in [3.05, 3.63) is 70.3 Å². The van der Waals surface area contributed by atoms with Crippen molar-refractivity contribution >= 4 is 5.97 Å². The number of carboxylic acids is 1. The Morgan fingerprint density at radius 3 is 2.29 bits per heavy atom. The summed E-state index contributed by atoms with van der Waals surface area (Å²) in [6.07, 6.45) is 0. The zero-order chi connectivity index (χ0) is 15.4. The van der Waals surface area contributed by atoms with Crippen LogP contribution in [0.15, 0.2) is 42.5 Å². The molecule has 2 N–H and O–H groups in total. The van der Waals surface area contributed by atoms with Crippen molar-refractivity contribution in [1.29, 1.82) is 0 Å². The van der Waals surface area contributed by atoms with Crippen molar-refractivity contribution < 1.29 is 9.90 Å². The maximum Gasteiger partial charge on any atom is 0.325 e. The number of carboxylic acid groups (broad SMARTS) is 1. The Morgan fingerprint density at radius 1 is 1.05 bits per heavy atom. The highest BCUT2D eigenvalue weighted by Crippen LogP contribution is 2.22. The molecule has 1 unspecified atom stereocenters. The third-order valence-corrected chi connectivity index (χ3v) is 3.79. The van der Waals surface area contributed by atoms with Gasteiger partial charge in [0.15, 0.2) is 0 Å². The maximum atomic E-state index is 11.6. The van der Waals surface area contributed by atoms with Gasteiger partial charge in [0, 0.05) is 6.54 Å². The second-order valence-corrected chi connectivity index (χ2v) is 5.43. The zero-order valence-electron chi connectivity index (χ0n) is 12.7. The molecule has 0 spiro atoms. The van der Waals surface area contributed by atoms with E-state index < -0.39 is 12.0 Å². The zero-order valence-corrected chi connectivity index (χ0v) is 12.7. The lowest BCUT2D eigenvalue weighted by Gasteiger charge is -2.19. The van der Waals surface area contributed by atoms with Crippen LogP contribution in [0.25, 0.3) is 0 Å². The Morgan fingerprint density at radius 2 is 1.67 bits per heavy atom. The molecule has 0 aromatic heterocycles. The molecule has 2 aromatic rings. The van der Waals surface area contributed by atoms with Crippen LogP contribution in [-0.2, 0) is 11.3 Å². The lowest BCUT2D eigenvalue weighted by atomic mass is 9.95. The van der Waals surface area contributed by atoms with Gasteiger partial charge in [-0.1, -0.05) is 42.5 Å². The number of carbonyl (C=O) groups is 1. The van der Waals surface area contributed by atoms with E-state index in [-0.39, 0.29) is 0 Å². The Bertz CT molecular complexity index is 635. The van der Waals surface area contributed by atoms with Crippen LogP contribution < -0.4 is 5.32 Å². The monoisotopic (exact) mass is 283 g/mol. The van der Waals surface area contributed by atoms with E-state index in [1.165, 1.54) is 5.56 Å². The molecule has 0 aliphatic heterocycles. The average Bonchev–Trinajstić information content (AvgIpc) is 2.45. The topological polar surface area (TPSA) is 49.3 Å². The van der Waals surface area contributed by atoms with Gasteiger partial charge in [-0.05, 0) is 48.6 Å². The summed E-state index contributed by atoms with van der Waals surface area (Å²) < 4.78 is 0. The van der Waals surface area contributed by atoms with Crippen LogP contribution in [0.4, 0.5) is 0 Å². The second kappa shape index (κ2) is 6.55. The third kappa shape index (κ3) is 3.70. The molecule has 2 aromatic carbocycles. The molecule has 1 atom stereocenters. The Hall–Kier alpha value is -2.13. The number of nitrogens with one attached hydrogen (secondary N) is 1. The van der Waals surface area contributed by atoms with Crippen LogP contribution in [0.3, 0.4) is 0 Å². The fourth-order valence-corrected chi connectivity index (χ4v) is 2.44. The van der Waals surface area contributed by atoms with Crippen molar-refractivity contribution in [2.75, 3.05) is 0 Å². The standard InChI is InChI=1S/C18H21NO2/c1-12-9-14(3)16(10-13(12)2)17(18(20)21)19-11-15-7-5-4-6-8-15/h4-10,17,19H,11H2,1-3H3,(H,20,21). The molecule has 0 bridgehead atoms. The first-order valence-electron chi connectivity index (χ1n) is 7.07. The minimum atomic E-state index is -0.850. The number of rotatable bonds is 5. The predicted octanol–water partition coefficient (Wildman–Crippen LogP) is 3.53. The summed E-state index contributed by atoms with van der Waals surface area (Å²) in [5.41, 5.74) is 5.21. The number of aliphatic carboxylic acids is 1. The predicted molar refractivity (Wildman–Crippen MR) is 84.3 cm³/mol. The van der Waals surface area contributed by atoms with E-state index in [2.05, 4.69) is 5.32 Å². The van der Waals surface area contributed by atoms with Gasteiger partial charge in [-0.3, -0.25) is 10.1 Å². The molecule has 2 rings (SSSR count). The van der Waals surface area contributed by atoms with Crippen molar-refractivity contribution in [2.24, 2.45) is 0 Å². The Kier molecular flexibility index (Phi) is 4.76. The normalized spacial score (nSPS) is 12.1. The summed E-state index contributed by atoms with van der Waals surface area (Å²) in [6.45, 7) is 6.54. The van der Waals surface area contributed by atoms with Crippen LogP contribution in [0.2, 0.25) is 0 Å². The maximum absolute atomic E-state index is 11.6. The van der Waals surface area contributed by atoms with Gasteiger partial charge < -0.3 is 5.11 Å². The summed E-state index contributed by atoms with van der Waals surface area (Å²) in [6, 6.07) is 13.2. The van der Waals surface area contributed by atoms with E-state index in [0.29, 0.717) is 6.54 Å². The minimum absolute atomic E-state index is 0.532. The molecule has 0 heterocycles. The molecule has 0 saturated carbocycles. The Labute approximate surface area is 125 Å².